The quantitative estimate of drug-likeness (QED) is 0.891. The highest BCUT2D eigenvalue weighted by atomic mass is 32.2. The summed E-state index contributed by atoms with van der Waals surface area (Å²) in [4.78, 5) is -0.0196. The van der Waals surface area contributed by atoms with Crippen LogP contribution in [0.5, 0.6) is 5.75 Å². The highest BCUT2D eigenvalue weighted by Crippen LogP contribution is 2.21. The van der Waals surface area contributed by atoms with Crippen LogP contribution in [-0.2, 0) is 16.4 Å². The third kappa shape index (κ3) is 4.03. The van der Waals surface area contributed by atoms with Crippen LogP contribution in [-0.4, -0.2) is 22.1 Å². The van der Waals surface area contributed by atoms with Crippen LogP contribution in [0, 0.1) is 5.82 Å². The Morgan fingerprint density at radius 3 is 2.52 bits per heavy atom. The maximum Gasteiger partial charge on any atom is 0.240 e. The van der Waals surface area contributed by atoms with E-state index in [0.29, 0.717) is 6.42 Å². The lowest BCUT2D eigenvalue weighted by atomic mass is 10.2. The molecule has 0 aliphatic carbocycles. The first kappa shape index (κ1) is 15.5. The summed E-state index contributed by atoms with van der Waals surface area (Å²) < 4.78 is 44.8. The molecule has 1 N–H and O–H groups in total. The molecule has 2 rings (SSSR count). The summed E-state index contributed by atoms with van der Waals surface area (Å²) in [5.41, 5.74) is 1.04. The average molecular weight is 309 g/mol. The molecule has 21 heavy (non-hydrogen) atoms. The molecule has 6 heteroatoms. The highest BCUT2D eigenvalue weighted by Gasteiger charge is 2.16. The standard InChI is InChI=1S/C15H16FNO3S/c1-20-15-11-13(7-8-14(15)16)21(18,19)17-10-9-12-5-3-2-4-6-12/h2-8,11,17H,9-10H2,1H3. The monoisotopic (exact) mass is 309 g/mol. The molecule has 0 aliphatic heterocycles. The van der Waals surface area contributed by atoms with E-state index in [0.717, 1.165) is 11.6 Å². The van der Waals surface area contributed by atoms with Gasteiger partial charge in [0.05, 0.1) is 12.0 Å². The lowest BCUT2D eigenvalue weighted by molar-refractivity contribution is 0.385. The van der Waals surface area contributed by atoms with Gasteiger partial charge in [0.25, 0.3) is 0 Å². The van der Waals surface area contributed by atoms with Crippen molar-refractivity contribution in [3.05, 3.63) is 59.9 Å². The third-order valence-corrected chi connectivity index (χ3v) is 4.44. The third-order valence-electron chi connectivity index (χ3n) is 2.98. The maximum atomic E-state index is 13.3. The Labute approximate surface area is 123 Å². The summed E-state index contributed by atoms with van der Waals surface area (Å²) in [6.07, 6.45) is 0.582. The van der Waals surface area contributed by atoms with E-state index >= 15 is 0 Å². The van der Waals surface area contributed by atoms with E-state index < -0.39 is 15.8 Å². The fraction of sp³-hybridized carbons (Fsp3) is 0.200. The fourth-order valence-electron chi connectivity index (χ4n) is 1.87. The normalized spacial score (nSPS) is 11.3. The van der Waals surface area contributed by atoms with E-state index in [4.69, 9.17) is 4.74 Å². The van der Waals surface area contributed by atoms with Crippen molar-refractivity contribution in [1.82, 2.24) is 4.72 Å². The molecule has 0 radical (unpaired) electrons. The summed E-state index contributed by atoms with van der Waals surface area (Å²) >= 11 is 0. The Morgan fingerprint density at radius 1 is 1.14 bits per heavy atom. The first-order valence-electron chi connectivity index (χ1n) is 6.40. The largest absolute Gasteiger partial charge is 0.494 e. The van der Waals surface area contributed by atoms with Gasteiger partial charge in [0.1, 0.15) is 0 Å². The van der Waals surface area contributed by atoms with Crippen molar-refractivity contribution in [2.75, 3.05) is 13.7 Å². The SMILES string of the molecule is COc1cc(S(=O)(=O)NCCc2ccccc2)ccc1F. The Hall–Kier alpha value is -1.92. The molecule has 0 atom stereocenters. The summed E-state index contributed by atoms with van der Waals surface area (Å²) in [6, 6.07) is 13.0. The Bertz CT molecular complexity index is 702. The highest BCUT2D eigenvalue weighted by molar-refractivity contribution is 7.89. The van der Waals surface area contributed by atoms with Gasteiger partial charge in [-0.1, -0.05) is 30.3 Å². The minimum atomic E-state index is -3.68. The van der Waals surface area contributed by atoms with Gasteiger partial charge in [0.2, 0.25) is 10.0 Å². The van der Waals surface area contributed by atoms with Crippen LogP contribution < -0.4 is 9.46 Å². The molecule has 4 nitrogen and oxygen atoms in total. The molecule has 0 bridgehead atoms. The van der Waals surface area contributed by atoms with E-state index in [9.17, 15) is 12.8 Å². The van der Waals surface area contributed by atoms with Crippen molar-refractivity contribution in [3.8, 4) is 5.75 Å². The van der Waals surface area contributed by atoms with Crippen LogP contribution in [0.1, 0.15) is 5.56 Å². The Kier molecular flexibility index (Phi) is 4.93. The molecule has 0 fully saturated rings. The van der Waals surface area contributed by atoms with Gasteiger partial charge in [-0.25, -0.2) is 17.5 Å². The molecule has 0 amide bonds. The lowest BCUT2D eigenvalue weighted by Gasteiger charge is -2.09. The lowest BCUT2D eigenvalue weighted by Crippen LogP contribution is -2.26. The van der Waals surface area contributed by atoms with Gasteiger partial charge in [0.15, 0.2) is 11.6 Å². The van der Waals surface area contributed by atoms with E-state index in [1.165, 1.54) is 19.2 Å². The Balaban J connectivity index is 2.05. The number of methoxy groups -OCH3 is 1. The number of benzene rings is 2. The van der Waals surface area contributed by atoms with Gasteiger partial charge < -0.3 is 4.74 Å². The van der Waals surface area contributed by atoms with Crippen LogP contribution in [0.3, 0.4) is 0 Å². The maximum absolute atomic E-state index is 13.3. The number of sulfonamides is 1. The summed E-state index contributed by atoms with van der Waals surface area (Å²) in [5.74, 6) is -0.693. The minimum absolute atomic E-state index is 0.0196. The van der Waals surface area contributed by atoms with E-state index in [2.05, 4.69) is 4.72 Å². The van der Waals surface area contributed by atoms with E-state index in [1.54, 1.807) is 0 Å². The topological polar surface area (TPSA) is 55.4 Å². The van der Waals surface area contributed by atoms with Gasteiger partial charge in [-0.15, -0.1) is 0 Å². The first-order chi connectivity index (χ1) is 10.0. The molecule has 0 aromatic heterocycles. The molecule has 0 unspecified atom stereocenters. The second-order valence-electron chi connectivity index (χ2n) is 4.43. The first-order valence-corrected chi connectivity index (χ1v) is 7.88. The number of nitrogens with one attached hydrogen (secondary N) is 1. The van der Waals surface area contributed by atoms with Gasteiger partial charge in [-0.3, -0.25) is 0 Å². The van der Waals surface area contributed by atoms with Crippen LogP contribution in [0.2, 0.25) is 0 Å². The Morgan fingerprint density at radius 2 is 1.86 bits per heavy atom. The molecule has 2 aromatic rings. The zero-order chi connectivity index (χ0) is 15.3. The number of hydrogen-bond acceptors (Lipinski definition) is 3. The number of ether oxygens (including phenoxy) is 1. The van der Waals surface area contributed by atoms with Gasteiger partial charge in [-0.05, 0) is 24.1 Å². The van der Waals surface area contributed by atoms with Crippen LogP contribution in [0.25, 0.3) is 0 Å². The minimum Gasteiger partial charge on any atom is -0.494 e. The summed E-state index contributed by atoms with van der Waals surface area (Å²) in [7, 11) is -2.39. The molecule has 0 heterocycles. The van der Waals surface area contributed by atoms with Gasteiger partial charge in [-0.2, -0.15) is 0 Å². The van der Waals surface area contributed by atoms with Gasteiger partial charge in [0, 0.05) is 12.6 Å². The molecular weight excluding hydrogens is 293 g/mol. The fourth-order valence-corrected chi connectivity index (χ4v) is 2.91. The zero-order valence-corrected chi connectivity index (χ0v) is 12.4. The molecule has 112 valence electrons. The van der Waals surface area contributed by atoms with Crippen molar-refractivity contribution in [1.29, 1.82) is 0 Å². The van der Waals surface area contributed by atoms with Crippen molar-refractivity contribution >= 4 is 10.0 Å². The number of halogens is 1. The van der Waals surface area contributed by atoms with Crippen molar-refractivity contribution in [2.24, 2.45) is 0 Å². The van der Waals surface area contributed by atoms with Crippen LogP contribution in [0.4, 0.5) is 4.39 Å². The number of rotatable bonds is 6. The van der Waals surface area contributed by atoms with Crippen molar-refractivity contribution in [3.63, 3.8) is 0 Å². The van der Waals surface area contributed by atoms with Crippen LogP contribution >= 0.6 is 0 Å². The summed E-state index contributed by atoms with van der Waals surface area (Å²) in [6.45, 7) is 0.270. The molecule has 0 spiro atoms. The average Bonchev–Trinajstić information content (AvgIpc) is 2.48. The summed E-state index contributed by atoms with van der Waals surface area (Å²) in [5, 5.41) is 0. The predicted molar refractivity (Wildman–Crippen MR) is 78.3 cm³/mol. The molecular formula is C15H16FNO3S. The number of hydrogen-bond donors (Lipinski definition) is 1. The van der Waals surface area contributed by atoms with Crippen LogP contribution in [0.15, 0.2) is 53.4 Å². The second-order valence-corrected chi connectivity index (χ2v) is 6.20. The zero-order valence-electron chi connectivity index (χ0n) is 11.5. The van der Waals surface area contributed by atoms with E-state index in [-0.39, 0.29) is 17.2 Å². The molecule has 0 aliphatic rings. The molecule has 0 saturated heterocycles. The van der Waals surface area contributed by atoms with E-state index in [1.807, 2.05) is 30.3 Å². The predicted octanol–water partition coefficient (Wildman–Crippen LogP) is 2.36. The molecule has 0 saturated carbocycles. The van der Waals surface area contributed by atoms with Gasteiger partial charge >= 0.3 is 0 Å². The smallest absolute Gasteiger partial charge is 0.240 e. The van der Waals surface area contributed by atoms with Crippen molar-refractivity contribution < 1.29 is 17.5 Å². The second kappa shape index (κ2) is 6.69. The van der Waals surface area contributed by atoms with Crippen molar-refractivity contribution in [2.45, 2.75) is 11.3 Å². The molecule has 2 aromatic carbocycles.